The molecular formula is C14H22BrCl2N3. The molecule has 0 saturated carbocycles. The Labute approximate surface area is 142 Å². The van der Waals surface area contributed by atoms with Crippen molar-refractivity contribution in [3.8, 4) is 0 Å². The monoisotopic (exact) mass is 381 g/mol. The normalized spacial score (nSPS) is 16.6. The number of hydrogen-bond donors (Lipinski definition) is 1. The molecule has 2 heterocycles. The van der Waals surface area contributed by atoms with E-state index in [2.05, 4.69) is 43.8 Å². The molecule has 2 rings (SSSR count). The highest BCUT2D eigenvalue weighted by atomic mass is 79.9. The number of allylic oxidation sites excluding steroid dienone is 1. The minimum absolute atomic E-state index is 0. The lowest BCUT2D eigenvalue weighted by molar-refractivity contribution is 0.166. The Morgan fingerprint density at radius 3 is 2.65 bits per heavy atom. The van der Waals surface area contributed by atoms with Gasteiger partial charge in [-0.05, 0) is 40.4 Å². The average Bonchev–Trinajstić information content (AvgIpc) is 2.40. The molecule has 3 nitrogen and oxygen atoms in total. The highest BCUT2D eigenvalue weighted by molar-refractivity contribution is 9.10. The first kappa shape index (κ1) is 19.9. The molecule has 0 amide bonds. The Hall–Kier alpha value is -0.130. The molecule has 1 N–H and O–H groups in total. The lowest BCUT2D eigenvalue weighted by atomic mass is 10.0. The van der Waals surface area contributed by atoms with E-state index < -0.39 is 0 Å². The summed E-state index contributed by atoms with van der Waals surface area (Å²) in [7, 11) is 0. The fourth-order valence-corrected chi connectivity index (χ4v) is 2.82. The zero-order valence-corrected chi connectivity index (χ0v) is 14.6. The second-order valence-corrected chi connectivity index (χ2v) is 5.52. The molecule has 0 radical (unpaired) electrons. The van der Waals surface area contributed by atoms with Crippen LogP contribution in [0.1, 0.15) is 24.4 Å². The van der Waals surface area contributed by atoms with Crippen LogP contribution in [0, 0.1) is 0 Å². The van der Waals surface area contributed by atoms with Crippen LogP contribution in [0.3, 0.4) is 0 Å². The topological polar surface area (TPSA) is 28.2 Å². The fraction of sp³-hybridized carbons (Fsp3) is 0.500. The highest BCUT2D eigenvalue weighted by Gasteiger charge is 2.21. The number of pyridine rings is 1. The summed E-state index contributed by atoms with van der Waals surface area (Å²) in [5.74, 6) is 0. The van der Waals surface area contributed by atoms with Crippen molar-refractivity contribution in [2.45, 2.75) is 18.9 Å². The van der Waals surface area contributed by atoms with Crippen LogP contribution in [0.15, 0.2) is 35.6 Å². The predicted molar refractivity (Wildman–Crippen MR) is 93.0 cm³/mol. The van der Waals surface area contributed by atoms with Crippen molar-refractivity contribution in [1.29, 1.82) is 0 Å². The molecule has 0 bridgehead atoms. The standard InChI is InChI=1S/C14H20BrN3.2ClH/c1-2-3-4-14(18-7-5-16-6-8-18)12-9-13(15)11-17-10-12;;/h2,9-11,14,16H,1,3-8H2;2*1H/t14-;;/m1../s1. The van der Waals surface area contributed by atoms with Gasteiger partial charge in [0, 0.05) is 49.1 Å². The maximum atomic E-state index is 4.29. The summed E-state index contributed by atoms with van der Waals surface area (Å²) in [5, 5.41) is 3.40. The van der Waals surface area contributed by atoms with Gasteiger partial charge in [0.25, 0.3) is 0 Å². The van der Waals surface area contributed by atoms with Gasteiger partial charge in [0.1, 0.15) is 0 Å². The number of nitrogens with zero attached hydrogens (tertiary/aromatic N) is 2. The Balaban J connectivity index is 0.00000180. The van der Waals surface area contributed by atoms with Gasteiger partial charge in [0.15, 0.2) is 0 Å². The Morgan fingerprint density at radius 2 is 2.05 bits per heavy atom. The van der Waals surface area contributed by atoms with Gasteiger partial charge < -0.3 is 5.32 Å². The molecule has 0 aromatic carbocycles. The van der Waals surface area contributed by atoms with E-state index >= 15 is 0 Å². The third-order valence-electron chi connectivity index (χ3n) is 3.35. The molecule has 1 aliphatic rings. The molecule has 20 heavy (non-hydrogen) atoms. The van der Waals surface area contributed by atoms with Gasteiger partial charge in [0.2, 0.25) is 0 Å². The first-order valence-electron chi connectivity index (χ1n) is 6.47. The minimum atomic E-state index is 0. The van der Waals surface area contributed by atoms with E-state index in [0.29, 0.717) is 6.04 Å². The predicted octanol–water partition coefficient (Wildman–Crippen LogP) is 3.60. The summed E-state index contributed by atoms with van der Waals surface area (Å²) in [6.45, 7) is 8.20. The molecule has 114 valence electrons. The number of nitrogens with one attached hydrogen (secondary N) is 1. The van der Waals surface area contributed by atoms with E-state index in [9.17, 15) is 0 Å². The second-order valence-electron chi connectivity index (χ2n) is 4.60. The van der Waals surface area contributed by atoms with E-state index in [4.69, 9.17) is 0 Å². The van der Waals surface area contributed by atoms with Crippen molar-refractivity contribution in [1.82, 2.24) is 15.2 Å². The summed E-state index contributed by atoms with van der Waals surface area (Å²) < 4.78 is 1.05. The molecule has 1 aliphatic heterocycles. The van der Waals surface area contributed by atoms with Gasteiger partial charge in [-0.3, -0.25) is 9.88 Å². The van der Waals surface area contributed by atoms with Crippen molar-refractivity contribution < 1.29 is 0 Å². The van der Waals surface area contributed by atoms with Gasteiger partial charge in [-0.1, -0.05) is 6.08 Å². The third-order valence-corrected chi connectivity index (χ3v) is 3.78. The minimum Gasteiger partial charge on any atom is -0.314 e. The lowest BCUT2D eigenvalue weighted by Gasteiger charge is -2.35. The first-order chi connectivity index (χ1) is 8.81. The quantitative estimate of drug-likeness (QED) is 0.788. The third kappa shape index (κ3) is 5.70. The second kappa shape index (κ2) is 10.6. The number of aromatic nitrogens is 1. The zero-order valence-electron chi connectivity index (χ0n) is 11.4. The smallest absolute Gasteiger partial charge is 0.0410 e. The largest absolute Gasteiger partial charge is 0.314 e. The number of rotatable bonds is 5. The molecule has 6 heteroatoms. The lowest BCUT2D eigenvalue weighted by Crippen LogP contribution is -2.45. The van der Waals surface area contributed by atoms with Gasteiger partial charge in [-0.2, -0.15) is 0 Å². The number of hydrogen-bond acceptors (Lipinski definition) is 3. The zero-order chi connectivity index (χ0) is 12.8. The van der Waals surface area contributed by atoms with E-state index in [1.807, 2.05) is 18.5 Å². The molecule has 1 fully saturated rings. The van der Waals surface area contributed by atoms with Crippen LogP contribution in [0.4, 0.5) is 0 Å². The van der Waals surface area contributed by atoms with Crippen LogP contribution in [-0.4, -0.2) is 36.1 Å². The SMILES string of the molecule is C=CCC[C@H](c1cncc(Br)c1)N1CCNCC1.Cl.Cl. The fourth-order valence-electron chi connectivity index (χ4n) is 2.44. The van der Waals surface area contributed by atoms with Crippen molar-refractivity contribution in [3.05, 3.63) is 41.2 Å². The first-order valence-corrected chi connectivity index (χ1v) is 7.26. The molecule has 0 spiro atoms. The summed E-state index contributed by atoms with van der Waals surface area (Å²) >= 11 is 3.51. The molecule has 1 aromatic rings. The summed E-state index contributed by atoms with van der Waals surface area (Å²) in [6.07, 6.45) is 7.98. The van der Waals surface area contributed by atoms with Crippen LogP contribution in [0.25, 0.3) is 0 Å². The van der Waals surface area contributed by atoms with E-state index in [1.165, 1.54) is 5.56 Å². The number of halogens is 3. The highest BCUT2D eigenvalue weighted by Crippen LogP contribution is 2.27. The van der Waals surface area contributed by atoms with Crippen LogP contribution < -0.4 is 5.32 Å². The molecule has 1 atom stereocenters. The summed E-state index contributed by atoms with van der Waals surface area (Å²) in [4.78, 5) is 6.84. The Kier molecular flexibility index (Phi) is 10.5. The number of piperazine rings is 1. The maximum Gasteiger partial charge on any atom is 0.0410 e. The van der Waals surface area contributed by atoms with Crippen molar-refractivity contribution in [2.24, 2.45) is 0 Å². The molecule has 1 saturated heterocycles. The molecule has 1 aromatic heterocycles. The van der Waals surface area contributed by atoms with E-state index in [1.54, 1.807) is 0 Å². The summed E-state index contributed by atoms with van der Waals surface area (Å²) in [6, 6.07) is 2.64. The van der Waals surface area contributed by atoms with Gasteiger partial charge in [0.05, 0.1) is 0 Å². The Bertz CT molecular complexity index is 398. The molecule has 0 aliphatic carbocycles. The maximum absolute atomic E-state index is 4.29. The summed E-state index contributed by atoms with van der Waals surface area (Å²) in [5.41, 5.74) is 1.30. The van der Waals surface area contributed by atoms with Crippen molar-refractivity contribution in [2.75, 3.05) is 26.2 Å². The molecule has 0 unspecified atom stereocenters. The van der Waals surface area contributed by atoms with E-state index in [-0.39, 0.29) is 24.8 Å². The average molecular weight is 383 g/mol. The van der Waals surface area contributed by atoms with Crippen LogP contribution >= 0.6 is 40.7 Å². The van der Waals surface area contributed by atoms with Gasteiger partial charge in [-0.15, -0.1) is 31.4 Å². The van der Waals surface area contributed by atoms with Crippen LogP contribution in [0.2, 0.25) is 0 Å². The van der Waals surface area contributed by atoms with Gasteiger partial charge in [-0.25, -0.2) is 0 Å². The van der Waals surface area contributed by atoms with Crippen LogP contribution in [-0.2, 0) is 0 Å². The van der Waals surface area contributed by atoms with Crippen molar-refractivity contribution in [3.63, 3.8) is 0 Å². The van der Waals surface area contributed by atoms with E-state index in [0.717, 1.165) is 43.5 Å². The Morgan fingerprint density at radius 1 is 1.35 bits per heavy atom. The van der Waals surface area contributed by atoms with Gasteiger partial charge >= 0.3 is 0 Å². The molecular weight excluding hydrogens is 361 g/mol. The van der Waals surface area contributed by atoms with Crippen LogP contribution in [0.5, 0.6) is 0 Å². The van der Waals surface area contributed by atoms with Crippen molar-refractivity contribution >= 4 is 40.7 Å².